The van der Waals surface area contributed by atoms with Gasteiger partial charge in [0.1, 0.15) is 0 Å². The summed E-state index contributed by atoms with van der Waals surface area (Å²) in [6.07, 6.45) is 14.0. The van der Waals surface area contributed by atoms with Gasteiger partial charge in [-0.2, -0.15) is 0 Å². The molecule has 3 aliphatic rings. The molecular weight excluding hydrogens is 368 g/mol. The molecule has 0 aromatic heterocycles. The first-order valence-electron chi connectivity index (χ1n) is 11.5. The lowest BCUT2D eigenvalue weighted by molar-refractivity contribution is -0.168. The van der Waals surface area contributed by atoms with Gasteiger partial charge in [-0.05, 0) is 55.9 Å². The highest BCUT2D eigenvalue weighted by Gasteiger charge is 2.62. The number of rotatable bonds is 8. The second-order valence-electron chi connectivity index (χ2n) is 9.18. The number of hydrogen-bond acceptors (Lipinski definition) is 4. The molecule has 3 fully saturated rings. The zero-order valence-corrected chi connectivity index (χ0v) is 17.9. The van der Waals surface area contributed by atoms with Crippen LogP contribution in [-0.4, -0.2) is 46.2 Å². The fraction of sp³-hybridized carbons (Fsp3) is 0.792. The fourth-order valence-corrected chi connectivity index (χ4v) is 6.24. The van der Waals surface area contributed by atoms with Gasteiger partial charge < -0.3 is 20.1 Å². The highest BCUT2D eigenvalue weighted by molar-refractivity contribution is 5.66. The van der Waals surface area contributed by atoms with Crippen molar-refractivity contribution in [3.05, 3.63) is 23.8 Å². The van der Waals surface area contributed by atoms with Crippen LogP contribution in [-0.2, 0) is 9.53 Å². The first-order chi connectivity index (χ1) is 13.9. The predicted octanol–water partition coefficient (Wildman–Crippen LogP) is 4.09. The van der Waals surface area contributed by atoms with E-state index in [2.05, 4.69) is 19.1 Å². The minimum Gasteiger partial charge on any atom is -0.481 e. The molecule has 3 aliphatic carbocycles. The molecule has 0 saturated heterocycles. The summed E-state index contributed by atoms with van der Waals surface area (Å²) in [7, 11) is 1.74. The van der Waals surface area contributed by atoms with E-state index in [1.165, 1.54) is 24.8 Å². The Morgan fingerprint density at radius 3 is 2.62 bits per heavy atom. The predicted molar refractivity (Wildman–Crippen MR) is 112 cm³/mol. The molecule has 29 heavy (non-hydrogen) atoms. The Morgan fingerprint density at radius 2 is 2.00 bits per heavy atom. The first kappa shape index (κ1) is 22.5. The lowest BCUT2D eigenvalue weighted by atomic mass is 9.47. The third-order valence-electron chi connectivity index (χ3n) is 7.72. The number of carbonyl (C=O) groups is 1. The van der Waals surface area contributed by atoms with Crippen LogP contribution in [0.15, 0.2) is 23.8 Å². The van der Waals surface area contributed by atoms with E-state index < -0.39 is 23.8 Å². The fourth-order valence-electron chi connectivity index (χ4n) is 6.24. The molecule has 0 bridgehead atoms. The molecule has 3 N–H and O–H groups in total. The van der Waals surface area contributed by atoms with Gasteiger partial charge in [0, 0.05) is 25.4 Å². The van der Waals surface area contributed by atoms with Crippen molar-refractivity contribution in [1.82, 2.24) is 0 Å². The molecule has 5 heteroatoms. The molecule has 0 aromatic carbocycles. The maximum Gasteiger partial charge on any atom is 0.303 e. The van der Waals surface area contributed by atoms with Gasteiger partial charge in [0.15, 0.2) is 0 Å². The highest BCUT2D eigenvalue weighted by Crippen LogP contribution is 2.61. The van der Waals surface area contributed by atoms with Gasteiger partial charge in [-0.25, -0.2) is 0 Å². The van der Waals surface area contributed by atoms with Gasteiger partial charge in [0.2, 0.25) is 0 Å². The Bertz CT molecular complexity index is 621. The number of aliphatic carboxylic acids is 1. The van der Waals surface area contributed by atoms with Crippen molar-refractivity contribution in [2.45, 2.75) is 88.9 Å². The number of hydrogen-bond donors (Lipinski definition) is 3. The van der Waals surface area contributed by atoms with Gasteiger partial charge >= 0.3 is 5.97 Å². The third-order valence-corrected chi connectivity index (χ3v) is 7.72. The van der Waals surface area contributed by atoms with Crippen LogP contribution >= 0.6 is 0 Å². The van der Waals surface area contributed by atoms with Crippen molar-refractivity contribution in [2.24, 2.45) is 23.7 Å². The largest absolute Gasteiger partial charge is 0.481 e. The molecule has 0 aromatic rings. The maximum absolute atomic E-state index is 10.9. The molecule has 5 nitrogen and oxygen atoms in total. The Kier molecular flexibility index (Phi) is 7.58. The smallest absolute Gasteiger partial charge is 0.303 e. The Labute approximate surface area is 174 Å². The topological polar surface area (TPSA) is 87.0 Å². The number of allylic oxidation sites excluding steroid dienone is 1. The average Bonchev–Trinajstić information content (AvgIpc) is 2.72. The normalized spacial score (nSPS) is 38.0. The lowest BCUT2D eigenvalue weighted by Crippen LogP contribution is -2.64. The second-order valence-corrected chi connectivity index (χ2v) is 9.18. The van der Waals surface area contributed by atoms with Gasteiger partial charge in [0.05, 0.1) is 17.8 Å². The van der Waals surface area contributed by atoms with Crippen LogP contribution < -0.4 is 0 Å². The van der Waals surface area contributed by atoms with Crippen molar-refractivity contribution in [1.29, 1.82) is 0 Å². The summed E-state index contributed by atoms with van der Waals surface area (Å²) in [5.74, 6) is -0.0209. The Hall–Kier alpha value is -1.17. The number of methoxy groups -OCH3 is 1. The zero-order valence-electron chi connectivity index (χ0n) is 17.9. The van der Waals surface area contributed by atoms with Gasteiger partial charge in [-0.15, -0.1) is 0 Å². The maximum atomic E-state index is 10.9. The minimum atomic E-state index is -0.784. The van der Waals surface area contributed by atoms with Crippen molar-refractivity contribution in [3.8, 4) is 0 Å². The molecule has 3 rings (SSSR count). The lowest BCUT2D eigenvalue weighted by Gasteiger charge is -2.62. The first-order valence-corrected chi connectivity index (χ1v) is 11.5. The van der Waals surface area contributed by atoms with Crippen LogP contribution in [0.2, 0.25) is 0 Å². The van der Waals surface area contributed by atoms with E-state index in [0.717, 1.165) is 25.7 Å². The van der Waals surface area contributed by atoms with Crippen molar-refractivity contribution in [2.75, 3.05) is 7.11 Å². The SMILES string of the molecule is CCC1C(=CCCC(=O)O)[C@@]2(OC)CC[C@@H](O)[C@H](C=CC(O)C3CCCCC3)[C@@H]12. The molecule has 6 atom stereocenters. The molecule has 0 spiro atoms. The number of aliphatic hydroxyl groups excluding tert-OH is 2. The van der Waals surface area contributed by atoms with Crippen LogP contribution in [0.1, 0.15) is 71.1 Å². The molecule has 2 unspecified atom stereocenters. The number of ether oxygens (including phenoxy) is 1. The van der Waals surface area contributed by atoms with Crippen LogP contribution in [0.3, 0.4) is 0 Å². The summed E-state index contributed by atoms with van der Waals surface area (Å²) >= 11 is 0. The van der Waals surface area contributed by atoms with Gasteiger partial charge in [0.25, 0.3) is 0 Å². The molecule has 3 saturated carbocycles. The Morgan fingerprint density at radius 1 is 1.28 bits per heavy atom. The van der Waals surface area contributed by atoms with E-state index in [1.807, 2.05) is 6.08 Å². The van der Waals surface area contributed by atoms with Gasteiger partial charge in [-0.1, -0.05) is 44.4 Å². The van der Waals surface area contributed by atoms with E-state index in [0.29, 0.717) is 24.7 Å². The summed E-state index contributed by atoms with van der Waals surface area (Å²) in [5, 5.41) is 30.4. The average molecular weight is 407 g/mol. The second kappa shape index (κ2) is 9.76. The van der Waals surface area contributed by atoms with E-state index in [-0.39, 0.29) is 18.3 Å². The third kappa shape index (κ3) is 4.47. The summed E-state index contributed by atoms with van der Waals surface area (Å²) < 4.78 is 6.06. The van der Waals surface area contributed by atoms with Gasteiger partial charge in [-0.3, -0.25) is 4.79 Å². The number of aliphatic hydroxyl groups is 2. The van der Waals surface area contributed by atoms with Crippen LogP contribution in [0.25, 0.3) is 0 Å². The van der Waals surface area contributed by atoms with E-state index >= 15 is 0 Å². The van der Waals surface area contributed by atoms with Crippen molar-refractivity contribution in [3.63, 3.8) is 0 Å². The number of carboxylic acid groups (broad SMARTS) is 1. The summed E-state index contributed by atoms with van der Waals surface area (Å²) in [6.45, 7) is 2.15. The molecule has 0 radical (unpaired) electrons. The highest BCUT2D eigenvalue weighted by atomic mass is 16.5. The van der Waals surface area contributed by atoms with Crippen molar-refractivity contribution >= 4 is 5.97 Å². The molecule has 0 aliphatic heterocycles. The zero-order chi connectivity index (χ0) is 21.0. The van der Waals surface area contributed by atoms with Crippen LogP contribution in [0.4, 0.5) is 0 Å². The number of fused-ring (bicyclic) bond motifs is 1. The summed E-state index contributed by atoms with van der Waals surface area (Å²) in [6, 6.07) is 0. The standard InChI is InChI=1S/C24H38O5/c1-3-17-19(10-7-11-22(27)28)24(29-2)15-14-21(26)18(23(17)24)12-13-20(25)16-8-5-4-6-9-16/h10,12-13,16-18,20-21,23,25-26H,3-9,11,14-15H2,1-2H3,(H,27,28)/t17?,18-,20?,21+,23+,24-/m0/s1. The molecule has 0 amide bonds. The molecular formula is C24H38O5. The number of carboxylic acids is 1. The summed E-state index contributed by atoms with van der Waals surface area (Å²) in [4.78, 5) is 10.9. The van der Waals surface area contributed by atoms with E-state index in [1.54, 1.807) is 7.11 Å². The van der Waals surface area contributed by atoms with E-state index in [9.17, 15) is 15.0 Å². The van der Waals surface area contributed by atoms with Crippen LogP contribution in [0.5, 0.6) is 0 Å². The Balaban J connectivity index is 1.77. The van der Waals surface area contributed by atoms with Crippen LogP contribution in [0, 0.1) is 23.7 Å². The quantitative estimate of drug-likeness (QED) is 0.529. The van der Waals surface area contributed by atoms with E-state index in [4.69, 9.17) is 9.84 Å². The summed E-state index contributed by atoms with van der Waals surface area (Å²) in [5.41, 5.74) is 0.815. The molecule has 164 valence electrons. The monoisotopic (exact) mass is 406 g/mol. The molecule has 0 heterocycles. The minimum absolute atomic E-state index is 0.0384. The van der Waals surface area contributed by atoms with Crippen molar-refractivity contribution < 1.29 is 24.9 Å².